The van der Waals surface area contributed by atoms with Crippen molar-refractivity contribution in [2.24, 2.45) is 0 Å². The van der Waals surface area contributed by atoms with Crippen LogP contribution in [0.25, 0.3) is 10.9 Å². The molecule has 1 heterocycles. The zero-order valence-electron chi connectivity index (χ0n) is 9.34. The Morgan fingerprint density at radius 2 is 2.28 bits per heavy atom. The van der Waals surface area contributed by atoms with E-state index in [1.807, 2.05) is 22.6 Å². The summed E-state index contributed by atoms with van der Waals surface area (Å²) in [5.41, 5.74) is 0.292. The van der Waals surface area contributed by atoms with Gasteiger partial charge >= 0.3 is 5.97 Å². The minimum Gasteiger partial charge on any atom is -0.462 e. The van der Waals surface area contributed by atoms with Gasteiger partial charge in [0.15, 0.2) is 5.82 Å². The van der Waals surface area contributed by atoms with Gasteiger partial charge in [0.2, 0.25) is 0 Å². The number of ether oxygens (including phenoxy) is 1. The van der Waals surface area contributed by atoms with Crippen LogP contribution in [0.3, 0.4) is 0 Å². The lowest BCUT2D eigenvalue weighted by atomic mass is 10.1. The normalized spacial score (nSPS) is 10.7. The van der Waals surface area contributed by atoms with Gasteiger partial charge in [0, 0.05) is 15.2 Å². The molecule has 0 N–H and O–H groups in total. The quantitative estimate of drug-likeness (QED) is 0.588. The van der Waals surface area contributed by atoms with Crippen LogP contribution in [0.2, 0.25) is 5.02 Å². The summed E-state index contributed by atoms with van der Waals surface area (Å²) in [4.78, 5) is 15.6. The summed E-state index contributed by atoms with van der Waals surface area (Å²) in [6, 6.07) is 3.04. The van der Waals surface area contributed by atoms with Crippen LogP contribution in [0.15, 0.2) is 18.3 Å². The number of rotatable bonds is 2. The summed E-state index contributed by atoms with van der Waals surface area (Å²) >= 11 is 8.08. The fraction of sp³-hybridized carbons (Fsp3) is 0.167. The molecule has 0 amide bonds. The smallest absolute Gasteiger partial charge is 0.341 e. The van der Waals surface area contributed by atoms with Crippen LogP contribution in [-0.2, 0) is 4.74 Å². The molecular weight excluding hydrogens is 371 g/mol. The van der Waals surface area contributed by atoms with E-state index in [4.69, 9.17) is 16.3 Å². The van der Waals surface area contributed by atoms with Crippen molar-refractivity contribution >= 4 is 51.1 Å². The van der Waals surface area contributed by atoms with Gasteiger partial charge in [0.1, 0.15) is 5.52 Å². The highest BCUT2D eigenvalue weighted by Gasteiger charge is 2.17. The molecule has 6 heteroatoms. The Morgan fingerprint density at radius 1 is 1.56 bits per heavy atom. The number of fused-ring (bicyclic) bond motifs is 1. The zero-order valence-corrected chi connectivity index (χ0v) is 12.3. The van der Waals surface area contributed by atoms with Gasteiger partial charge in [-0.25, -0.2) is 9.18 Å². The second-order valence-electron chi connectivity index (χ2n) is 3.49. The monoisotopic (exact) mass is 379 g/mol. The summed E-state index contributed by atoms with van der Waals surface area (Å²) in [6.45, 7) is 1.94. The SMILES string of the molecule is CCOC(=O)c1cnc2c(F)cc(I)cc2c1Cl. The molecule has 1 aromatic carbocycles. The molecule has 1 aromatic heterocycles. The molecule has 0 bridgehead atoms. The van der Waals surface area contributed by atoms with Crippen molar-refractivity contribution in [3.63, 3.8) is 0 Å². The molecule has 18 heavy (non-hydrogen) atoms. The topological polar surface area (TPSA) is 39.2 Å². The Kier molecular flexibility index (Phi) is 4.01. The van der Waals surface area contributed by atoms with Crippen LogP contribution >= 0.6 is 34.2 Å². The van der Waals surface area contributed by atoms with Crippen LogP contribution in [0.1, 0.15) is 17.3 Å². The standard InChI is InChI=1S/C12H8ClFINO2/c1-2-18-12(17)8-5-16-11-7(10(8)13)3-6(15)4-9(11)14/h3-5H,2H2,1H3. The van der Waals surface area contributed by atoms with Gasteiger partial charge in [-0.2, -0.15) is 0 Å². The first kappa shape index (κ1) is 13.5. The van der Waals surface area contributed by atoms with Gasteiger partial charge in [-0.1, -0.05) is 11.6 Å². The lowest BCUT2D eigenvalue weighted by molar-refractivity contribution is 0.0526. The Labute approximate surface area is 121 Å². The maximum absolute atomic E-state index is 13.7. The number of aromatic nitrogens is 1. The molecule has 0 saturated heterocycles. The highest BCUT2D eigenvalue weighted by atomic mass is 127. The summed E-state index contributed by atoms with van der Waals surface area (Å²) < 4.78 is 19.2. The number of hydrogen-bond acceptors (Lipinski definition) is 3. The van der Waals surface area contributed by atoms with Crippen molar-refractivity contribution in [3.05, 3.63) is 38.3 Å². The zero-order chi connectivity index (χ0) is 13.3. The third-order valence-electron chi connectivity index (χ3n) is 2.32. The number of carbonyl (C=O) groups excluding carboxylic acids is 1. The Morgan fingerprint density at radius 3 is 2.94 bits per heavy atom. The highest BCUT2D eigenvalue weighted by molar-refractivity contribution is 14.1. The van der Waals surface area contributed by atoms with Crippen LogP contribution < -0.4 is 0 Å². The minimum absolute atomic E-state index is 0.146. The summed E-state index contributed by atoms with van der Waals surface area (Å²) in [6.07, 6.45) is 1.23. The predicted octanol–water partition coefficient (Wildman–Crippen LogP) is 3.81. The molecule has 0 saturated carbocycles. The van der Waals surface area contributed by atoms with E-state index in [1.165, 1.54) is 12.3 Å². The van der Waals surface area contributed by atoms with E-state index in [0.29, 0.717) is 8.96 Å². The van der Waals surface area contributed by atoms with Crippen molar-refractivity contribution in [1.82, 2.24) is 4.98 Å². The molecule has 0 atom stereocenters. The largest absolute Gasteiger partial charge is 0.462 e. The predicted molar refractivity (Wildman–Crippen MR) is 75.4 cm³/mol. The fourth-order valence-corrected chi connectivity index (χ4v) is 2.40. The Balaban J connectivity index is 2.67. The lowest BCUT2D eigenvalue weighted by Crippen LogP contribution is -2.06. The maximum atomic E-state index is 13.7. The third kappa shape index (κ3) is 2.42. The molecule has 0 radical (unpaired) electrons. The van der Waals surface area contributed by atoms with Crippen molar-refractivity contribution in [3.8, 4) is 0 Å². The second-order valence-corrected chi connectivity index (χ2v) is 5.11. The summed E-state index contributed by atoms with van der Waals surface area (Å²) in [7, 11) is 0. The number of nitrogens with zero attached hydrogens (tertiary/aromatic N) is 1. The van der Waals surface area contributed by atoms with Gasteiger partial charge in [-0.15, -0.1) is 0 Å². The average Bonchev–Trinajstić information content (AvgIpc) is 2.30. The van der Waals surface area contributed by atoms with E-state index in [0.717, 1.165) is 0 Å². The van der Waals surface area contributed by atoms with Crippen LogP contribution in [0.5, 0.6) is 0 Å². The molecule has 0 aliphatic rings. The molecule has 0 fully saturated rings. The van der Waals surface area contributed by atoms with Crippen molar-refractivity contribution in [1.29, 1.82) is 0 Å². The van der Waals surface area contributed by atoms with Gasteiger partial charge in [0.05, 0.1) is 17.2 Å². The number of pyridine rings is 1. The van der Waals surface area contributed by atoms with E-state index in [9.17, 15) is 9.18 Å². The van der Waals surface area contributed by atoms with Gasteiger partial charge in [-0.05, 0) is 41.6 Å². The first-order valence-electron chi connectivity index (χ1n) is 5.15. The molecule has 0 aliphatic carbocycles. The lowest BCUT2D eigenvalue weighted by Gasteiger charge is -2.07. The van der Waals surface area contributed by atoms with Crippen molar-refractivity contribution < 1.29 is 13.9 Å². The summed E-state index contributed by atoms with van der Waals surface area (Å²) in [5.74, 6) is -1.02. The average molecular weight is 380 g/mol. The van der Waals surface area contributed by atoms with E-state index in [2.05, 4.69) is 4.98 Å². The van der Waals surface area contributed by atoms with E-state index in [1.54, 1.807) is 13.0 Å². The van der Waals surface area contributed by atoms with Crippen LogP contribution in [0.4, 0.5) is 4.39 Å². The van der Waals surface area contributed by atoms with E-state index >= 15 is 0 Å². The Hall–Kier alpha value is -0.950. The van der Waals surface area contributed by atoms with Crippen LogP contribution in [0, 0.1) is 9.39 Å². The number of hydrogen-bond donors (Lipinski definition) is 0. The molecule has 94 valence electrons. The Bertz CT molecular complexity index is 633. The number of esters is 1. The summed E-state index contributed by atoms with van der Waals surface area (Å²) in [5, 5.41) is 0.572. The van der Waals surface area contributed by atoms with Crippen molar-refractivity contribution in [2.75, 3.05) is 6.61 Å². The molecule has 3 nitrogen and oxygen atoms in total. The van der Waals surface area contributed by atoms with Crippen LogP contribution in [-0.4, -0.2) is 17.6 Å². The first-order valence-corrected chi connectivity index (χ1v) is 6.60. The molecule has 0 spiro atoms. The third-order valence-corrected chi connectivity index (χ3v) is 3.35. The maximum Gasteiger partial charge on any atom is 0.341 e. The minimum atomic E-state index is -0.559. The van der Waals surface area contributed by atoms with E-state index < -0.39 is 11.8 Å². The van der Waals surface area contributed by atoms with Crippen molar-refractivity contribution in [2.45, 2.75) is 6.92 Å². The first-order chi connectivity index (χ1) is 8.54. The highest BCUT2D eigenvalue weighted by Crippen LogP contribution is 2.29. The number of benzene rings is 1. The molecule has 2 aromatic rings. The molecule has 2 rings (SSSR count). The van der Waals surface area contributed by atoms with Gasteiger partial charge < -0.3 is 4.74 Å². The molecule has 0 aliphatic heterocycles. The van der Waals surface area contributed by atoms with Gasteiger partial charge in [0.25, 0.3) is 0 Å². The number of halogens is 3. The fourth-order valence-electron chi connectivity index (χ4n) is 1.55. The van der Waals surface area contributed by atoms with Gasteiger partial charge in [-0.3, -0.25) is 4.98 Å². The number of carbonyl (C=O) groups is 1. The molecular formula is C12H8ClFINO2. The van der Waals surface area contributed by atoms with E-state index in [-0.39, 0.29) is 22.7 Å². The molecule has 0 unspecified atom stereocenters. The second kappa shape index (κ2) is 5.36.